The molecule has 0 unspecified atom stereocenters. The smallest absolute Gasteiger partial charge is 0.330 e. The Kier molecular flexibility index (Phi) is 5.34. The molecule has 0 aliphatic heterocycles. The fraction of sp³-hybridized carbons (Fsp3) is 0.273. The van der Waals surface area contributed by atoms with Crippen LogP contribution in [0, 0.1) is 6.92 Å². The lowest BCUT2D eigenvalue weighted by molar-refractivity contribution is -0.137. The molecule has 160 valence electrons. The molecule has 2 aromatic heterocycles. The summed E-state index contributed by atoms with van der Waals surface area (Å²) in [7, 11) is 0. The fourth-order valence-corrected chi connectivity index (χ4v) is 3.41. The molecule has 6 nitrogen and oxygen atoms in total. The maximum atomic E-state index is 13.5. The predicted molar refractivity (Wildman–Crippen MR) is 107 cm³/mol. The number of rotatable bonds is 5. The normalized spacial score (nSPS) is 13.8. The summed E-state index contributed by atoms with van der Waals surface area (Å²) in [5, 5.41) is 4.09. The van der Waals surface area contributed by atoms with E-state index in [1.54, 1.807) is 29.4 Å². The van der Waals surface area contributed by atoms with Crippen LogP contribution in [0.5, 0.6) is 0 Å². The second-order valence-corrected chi connectivity index (χ2v) is 7.44. The van der Waals surface area contributed by atoms with Gasteiger partial charge in [-0.25, -0.2) is 4.68 Å². The highest BCUT2D eigenvalue weighted by atomic mass is 19.4. The minimum atomic E-state index is -4.61. The maximum Gasteiger partial charge on any atom is 0.418 e. The molecule has 1 fully saturated rings. The molecule has 0 spiro atoms. The third-order valence-electron chi connectivity index (χ3n) is 5.10. The average molecular weight is 428 g/mol. The van der Waals surface area contributed by atoms with E-state index in [-0.39, 0.29) is 24.0 Å². The third-order valence-corrected chi connectivity index (χ3v) is 5.10. The lowest BCUT2D eigenvalue weighted by atomic mass is 10.1. The highest BCUT2D eigenvalue weighted by molar-refractivity contribution is 5.92. The standard InChI is InChI=1S/C22H19F3N4O2/c1-14-12-19(30)20(27-29(14)18-5-3-2-4-17(18)22(23,24)25)21(31)28(16-6-7-16)13-15-8-10-26-11-9-15/h2-5,8-12,16H,6-7,13H2,1H3. The number of pyridine rings is 1. The Morgan fingerprint density at radius 3 is 2.48 bits per heavy atom. The SMILES string of the molecule is Cc1cc(=O)c(C(=O)N(Cc2ccncc2)C2CC2)nn1-c1ccccc1C(F)(F)F. The maximum absolute atomic E-state index is 13.5. The van der Waals surface area contributed by atoms with Crippen LogP contribution in [0.15, 0.2) is 59.7 Å². The molecule has 0 N–H and O–H groups in total. The van der Waals surface area contributed by atoms with Crippen molar-refractivity contribution in [1.29, 1.82) is 0 Å². The van der Waals surface area contributed by atoms with Gasteiger partial charge >= 0.3 is 6.18 Å². The quantitative estimate of drug-likeness (QED) is 0.621. The molecule has 1 aliphatic rings. The van der Waals surface area contributed by atoms with Crippen molar-refractivity contribution in [2.24, 2.45) is 0 Å². The molecule has 3 aromatic rings. The van der Waals surface area contributed by atoms with Gasteiger partial charge in [-0.2, -0.15) is 18.3 Å². The molecule has 1 saturated carbocycles. The topological polar surface area (TPSA) is 68.1 Å². The highest BCUT2D eigenvalue weighted by Crippen LogP contribution is 2.34. The van der Waals surface area contributed by atoms with Crippen molar-refractivity contribution in [2.45, 2.75) is 38.5 Å². The van der Waals surface area contributed by atoms with Crippen molar-refractivity contribution in [2.75, 3.05) is 0 Å². The Bertz CT molecular complexity index is 1170. The van der Waals surface area contributed by atoms with Crippen LogP contribution >= 0.6 is 0 Å². The van der Waals surface area contributed by atoms with E-state index in [9.17, 15) is 22.8 Å². The largest absolute Gasteiger partial charge is 0.418 e. The monoisotopic (exact) mass is 428 g/mol. The van der Waals surface area contributed by atoms with Crippen molar-refractivity contribution in [3.8, 4) is 5.69 Å². The number of alkyl halides is 3. The van der Waals surface area contributed by atoms with Gasteiger partial charge in [0.15, 0.2) is 5.69 Å². The Labute approximate surface area is 176 Å². The Hall–Kier alpha value is -3.49. The number of aryl methyl sites for hydroxylation is 1. The van der Waals surface area contributed by atoms with E-state index in [1.807, 2.05) is 0 Å². The van der Waals surface area contributed by atoms with Crippen molar-refractivity contribution in [1.82, 2.24) is 19.7 Å². The molecule has 9 heteroatoms. The molecule has 31 heavy (non-hydrogen) atoms. The summed E-state index contributed by atoms with van der Waals surface area (Å²) in [5.74, 6) is -0.595. The Morgan fingerprint density at radius 1 is 1.16 bits per heavy atom. The number of amides is 1. The third kappa shape index (κ3) is 4.35. The molecular formula is C22H19F3N4O2. The molecule has 1 aromatic carbocycles. The Balaban J connectivity index is 1.76. The summed E-state index contributed by atoms with van der Waals surface area (Å²) in [4.78, 5) is 31.3. The van der Waals surface area contributed by atoms with Crippen LogP contribution in [0.3, 0.4) is 0 Å². The van der Waals surface area contributed by atoms with Crippen LogP contribution in [0.4, 0.5) is 13.2 Å². The fourth-order valence-electron chi connectivity index (χ4n) is 3.41. The van der Waals surface area contributed by atoms with E-state index in [0.717, 1.165) is 35.2 Å². The van der Waals surface area contributed by atoms with E-state index in [0.29, 0.717) is 0 Å². The molecular weight excluding hydrogens is 409 g/mol. The van der Waals surface area contributed by atoms with Crippen LogP contribution in [-0.2, 0) is 12.7 Å². The number of carbonyl (C=O) groups is 1. The predicted octanol–water partition coefficient (Wildman–Crippen LogP) is 3.76. The number of hydrogen-bond donors (Lipinski definition) is 0. The van der Waals surface area contributed by atoms with E-state index >= 15 is 0 Å². The molecule has 0 atom stereocenters. The second-order valence-electron chi connectivity index (χ2n) is 7.44. The highest BCUT2D eigenvalue weighted by Gasteiger charge is 2.36. The number of benzene rings is 1. The van der Waals surface area contributed by atoms with Crippen molar-refractivity contribution < 1.29 is 18.0 Å². The molecule has 0 radical (unpaired) electrons. The van der Waals surface area contributed by atoms with Gasteiger partial charge in [-0.15, -0.1) is 0 Å². The molecule has 0 bridgehead atoms. The van der Waals surface area contributed by atoms with Crippen LogP contribution in [-0.4, -0.2) is 31.6 Å². The second kappa shape index (κ2) is 7.98. The summed E-state index contributed by atoms with van der Waals surface area (Å²) < 4.78 is 41.5. The van der Waals surface area contributed by atoms with Gasteiger partial charge in [-0.3, -0.25) is 14.6 Å². The van der Waals surface area contributed by atoms with E-state index in [4.69, 9.17) is 0 Å². The molecule has 1 aliphatic carbocycles. The van der Waals surface area contributed by atoms with Crippen LogP contribution in [0.2, 0.25) is 0 Å². The van der Waals surface area contributed by atoms with E-state index in [2.05, 4.69) is 10.1 Å². The van der Waals surface area contributed by atoms with Gasteiger partial charge in [-0.1, -0.05) is 12.1 Å². The molecule has 0 saturated heterocycles. The van der Waals surface area contributed by atoms with Crippen molar-refractivity contribution in [3.63, 3.8) is 0 Å². The van der Waals surface area contributed by atoms with Crippen LogP contribution < -0.4 is 5.43 Å². The van der Waals surface area contributed by atoms with Crippen molar-refractivity contribution in [3.05, 3.63) is 87.6 Å². The van der Waals surface area contributed by atoms with Gasteiger partial charge in [0.1, 0.15) is 0 Å². The van der Waals surface area contributed by atoms with E-state index in [1.165, 1.54) is 25.1 Å². The van der Waals surface area contributed by atoms with Gasteiger partial charge in [0, 0.05) is 36.7 Å². The molecule has 2 heterocycles. The number of para-hydroxylation sites is 1. The number of carbonyl (C=O) groups excluding carboxylic acids is 1. The molecule has 1 amide bonds. The van der Waals surface area contributed by atoms with E-state index < -0.39 is 28.8 Å². The van der Waals surface area contributed by atoms with Gasteiger partial charge in [0.05, 0.1) is 11.3 Å². The minimum absolute atomic E-state index is 0.0286. The van der Waals surface area contributed by atoms with Crippen molar-refractivity contribution >= 4 is 5.91 Å². The van der Waals surface area contributed by atoms with Crippen LogP contribution in [0.1, 0.15) is 40.2 Å². The number of hydrogen-bond acceptors (Lipinski definition) is 4. The lowest BCUT2D eigenvalue weighted by Crippen LogP contribution is -2.37. The zero-order chi connectivity index (χ0) is 22.2. The zero-order valence-electron chi connectivity index (χ0n) is 16.6. The summed E-state index contributed by atoms with van der Waals surface area (Å²) in [6, 6.07) is 9.58. The first-order valence-corrected chi connectivity index (χ1v) is 9.73. The first kappa shape index (κ1) is 20.8. The Morgan fingerprint density at radius 2 is 1.84 bits per heavy atom. The first-order valence-electron chi connectivity index (χ1n) is 9.73. The summed E-state index contributed by atoms with van der Waals surface area (Å²) in [6.45, 7) is 1.74. The summed E-state index contributed by atoms with van der Waals surface area (Å²) >= 11 is 0. The van der Waals surface area contributed by atoms with Gasteiger partial charge in [0.25, 0.3) is 5.91 Å². The summed E-state index contributed by atoms with van der Waals surface area (Å²) in [6.07, 6.45) is 0.202. The summed E-state index contributed by atoms with van der Waals surface area (Å²) in [5.41, 5.74) is -1.13. The number of aromatic nitrogens is 3. The number of halogens is 3. The minimum Gasteiger partial charge on any atom is -0.330 e. The lowest BCUT2D eigenvalue weighted by Gasteiger charge is -2.23. The van der Waals surface area contributed by atoms with Gasteiger partial charge in [-0.05, 0) is 49.6 Å². The molecule has 4 rings (SSSR count). The average Bonchev–Trinajstić information content (AvgIpc) is 3.57. The first-order chi connectivity index (χ1) is 14.8. The number of nitrogens with zero attached hydrogens (tertiary/aromatic N) is 4. The van der Waals surface area contributed by atoms with Gasteiger partial charge < -0.3 is 4.90 Å². The zero-order valence-corrected chi connectivity index (χ0v) is 16.6. The van der Waals surface area contributed by atoms with Gasteiger partial charge in [0.2, 0.25) is 5.43 Å². The van der Waals surface area contributed by atoms with Crippen LogP contribution in [0.25, 0.3) is 5.69 Å².